The fourth-order valence-corrected chi connectivity index (χ4v) is 5.70. The van der Waals surface area contributed by atoms with E-state index in [0.717, 1.165) is 32.4 Å². The van der Waals surface area contributed by atoms with Gasteiger partial charge in [-0.3, -0.25) is 9.58 Å². The van der Waals surface area contributed by atoms with Crippen LogP contribution in [0, 0.1) is 6.92 Å². The molecule has 2 heterocycles. The van der Waals surface area contributed by atoms with E-state index >= 15 is 0 Å². The van der Waals surface area contributed by atoms with E-state index in [2.05, 4.69) is 10.00 Å². The number of hydrogen-bond acceptors (Lipinski definition) is 5. The number of aryl methyl sites for hydroxylation is 1. The van der Waals surface area contributed by atoms with Crippen LogP contribution >= 0.6 is 0 Å². The Hall–Kier alpha value is -0.960. The third kappa shape index (κ3) is 2.89. The fourth-order valence-electron chi connectivity index (χ4n) is 4.14. The summed E-state index contributed by atoms with van der Waals surface area (Å²) < 4.78 is 29.0. The summed E-state index contributed by atoms with van der Waals surface area (Å²) >= 11 is 0. The number of aromatic nitrogens is 2. The van der Waals surface area contributed by atoms with Gasteiger partial charge in [-0.2, -0.15) is 9.40 Å². The molecule has 3 atom stereocenters. The molecule has 1 saturated carbocycles. The van der Waals surface area contributed by atoms with Gasteiger partial charge in [-0.1, -0.05) is 0 Å². The molecule has 0 amide bonds. The highest BCUT2D eigenvalue weighted by atomic mass is 32.2. The van der Waals surface area contributed by atoms with Gasteiger partial charge in [0.1, 0.15) is 4.90 Å². The molecular formula is C16H28N4O3S. The maximum Gasteiger partial charge on any atom is 0.246 e. The first-order valence-electron chi connectivity index (χ1n) is 8.80. The van der Waals surface area contributed by atoms with Crippen LogP contribution in [0.3, 0.4) is 0 Å². The fraction of sp³-hybridized carbons (Fsp3) is 0.812. The molecule has 24 heavy (non-hydrogen) atoms. The highest BCUT2D eigenvalue weighted by Gasteiger charge is 2.44. The van der Waals surface area contributed by atoms with E-state index in [0.29, 0.717) is 18.7 Å². The van der Waals surface area contributed by atoms with Gasteiger partial charge >= 0.3 is 0 Å². The van der Waals surface area contributed by atoms with Crippen molar-refractivity contribution in [3.05, 3.63) is 11.9 Å². The molecule has 1 saturated heterocycles. The van der Waals surface area contributed by atoms with Gasteiger partial charge in [0, 0.05) is 19.6 Å². The SMILES string of the molecule is CCn1ncc(S(=O)(=O)N(C)[C@@H]2CC[C@@H](N3CCCC3)[C@@H]2O)c1C. The lowest BCUT2D eigenvalue weighted by molar-refractivity contribution is 0.0535. The quantitative estimate of drug-likeness (QED) is 0.845. The average Bonchev–Trinajstić information content (AvgIpc) is 3.26. The van der Waals surface area contributed by atoms with Crippen molar-refractivity contribution in [3.63, 3.8) is 0 Å². The molecule has 1 aliphatic carbocycles. The summed E-state index contributed by atoms with van der Waals surface area (Å²) in [6.07, 6.45) is 4.65. The van der Waals surface area contributed by atoms with Crippen LogP contribution in [0.25, 0.3) is 0 Å². The Labute approximate surface area is 144 Å². The van der Waals surface area contributed by atoms with E-state index < -0.39 is 16.1 Å². The molecule has 1 aliphatic heterocycles. The topological polar surface area (TPSA) is 78.7 Å². The van der Waals surface area contributed by atoms with E-state index in [1.165, 1.54) is 10.5 Å². The molecular weight excluding hydrogens is 328 g/mol. The van der Waals surface area contributed by atoms with Gasteiger partial charge in [0.25, 0.3) is 0 Å². The number of nitrogens with zero attached hydrogens (tertiary/aromatic N) is 4. The van der Waals surface area contributed by atoms with Crippen LogP contribution < -0.4 is 0 Å². The number of hydrogen-bond donors (Lipinski definition) is 1. The molecule has 0 spiro atoms. The molecule has 136 valence electrons. The molecule has 2 aliphatic rings. The Morgan fingerprint density at radius 3 is 2.58 bits per heavy atom. The summed E-state index contributed by atoms with van der Waals surface area (Å²) in [5.74, 6) is 0. The van der Waals surface area contributed by atoms with Crippen molar-refractivity contribution in [2.45, 2.75) is 69.2 Å². The molecule has 0 bridgehead atoms. The van der Waals surface area contributed by atoms with Crippen LogP contribution in [0.1, 0.15) is 38.3 Å². The molecule has 1 aromatic rings. The molecule has 3 rings (SSSR count). The lowest BCUT2D eigenvalue weighted by Crippen LogP contribution is -2.48. The van der Waals surface area contributed by atoms with Crippen molar-refractivity contribution < 1.29 is 13.5 Å². The van der Waals surface area contributed by atoms with E-state index in [1.54, 1.807) is 18.7 Å². The lowest BCUT2D eigenvalue weighted by atomic mass is 10.1. The Bertz CT molecular complexity index is 681. The van der Waals surface area contributed by atoms with Crippen molar-refractivity contribution in [1.82, 2.24) is 19.0 Å². The summed E-state index contributed by atoms with van der Waals surface area (Å²) in [4.78, 5) is 2.55. The second-order valence-electron chi connectivity index (χ2n) is 6.88. The normalized spacial score (nSPS) is 29.0. The van der Waals surface area contributed by atoms with Crippen molar-refractivity contribution in [3.8, 4) is 0 Å². The van der Waals surface area contributed by atoms with Gasteiger partial charge in [0.05, 0.1) is 24.0 Å². The van der Waals surface area contributed by atoms with Gasteiger partial charge in [0.15, 0.2) is 0 Å². The first kappa shape index (κ1) is 17.8. The van der Waals surface area contributed by atoms with E-state index in [9.17, 15) is 13.5 Å². The van der Waals surface area contributed by atoms with Crippen molar-refractivity contribution in [1.29, 1.82) is 0 Å². The highest BCUT2D eigenvalue weighted by molar-refractivity contribution is 7.89. The Morgan fingerprint density at radius 1 is 1.33 bits per heavy atom. The summed E-state index contributed by atoms with van der Waals surface area (Å²) in [6, 6.07) is -0.292. The molecule has 1 N–H and O–H groups in total. The minimum atomic E-state index is -3.65. The van der Waals surface area contributed by atoms with Crippen molar-refractivity contribution >= 4 is 10.0 Å². The van der Waals surface area contributed by atoms with E-state index in [1.807, 2.05) is 6.92 Å². The predicted molar refractivity (Wildman–Crippen MR) is 91.2 cm³/mol. The van der Waals surface area contributed by atoms with E-state index in [4.69, 9.17) is 0 Å². The van der Waals surface area contributed by atoms with Gasteiger partial charge in [-0.25, -0.2) is 8.42 Å². The standard InChI is InChI=1S/C16H28N4O3S/c1-4-20-12(2)15(11-17-20)24(22,23)18(3)13-7-8-14(16(13)21)19-9-5-6-10-19/h11,13-14,16,21H,4-10H2,1-3H3/t13-,14-,16-/m1/s1. The van der Waals surface area contributed by atoms with Crippen LogP contribution in [0.5, 0.6) is 0 Å². The Kier molecular flexibility index (Phi) is 5.01. The first-order chi connectivity index (χ1) is 11.4. The molecule has 7 nitrogen and oxygen atoms in total. The minimum Gasteiger partial charge on any atom is -0.390 e. The third-order valence-corrected chi connectivity index (χ3v) is 7.62. The summed E-state index contributed by atoms with van der Waals surface area (Å²) in [7, 11) is -2.07. The largest absolute Gasteiger partial charge is 0.390 e. The second-order valence-corrected chi connectivity index (χ2v) is 8.84. The molecule has 1 aromatic heterocycles. The molecule has 0 radical (unpaired) electrons. The van der Waals surface area contributed by atoms with Crippen LogP contribution in [-0.4, -0.2) is 70.8 Å². The molecule has 2 fully saturated rings. The number of likely N-dealkylation sites (tertiary alicyclic amines) is 1. The Balaban J connectivity index is 1.80. The monoisotopic (exact) mass is 356 g/mol. The minimum absolute atomic E-state index is 0.0783. The Morgan fingerprint density at radius 2 is 2.00 bits per heavy atom. The number of likely N-dealkylation sites (N-methyl/N-ethyl adjacent to an activating group) is 1. The van der Waals surface area contributed by atoms with Crippen LogP contribution in [0.4, 0.5) is 0 Å². The number of aliphatic hydroxyl groups is 1. The molecule has 0 aromatic carbocycles. The zero-order valence-electron chi connectivity index (χ0n) is 14.7. The number of rotatable bonds is 5. The highest BCUT2D eigenvalue weighted by Crippen LogP contribution is 2.33. The average molecular weight is 356 g/mol. The summed E-state index contributed by atoms with van der Waals surface area (Å²) in [5, 5.41) is 14.9. The number of sulfonamides is 1. The smallest absolute Gasteiger partial charge is 0.246 e. The van der Waals surface area contributed by atoms with Crippen LogP contribution in [0.15, 0.2) is 11.1 Å². The van der Waals surface area contributed by atoms with Gasteiger partial charge in [-0.15, -0.1) is 0 Å². The maximum absolute atomic E-state index is 13.0. The maximum atomic E-state index is 13.0. The van der Waals surface area contributed by atoms with Gasteiger partial charge < -0.3 is 5.11 Å². The van der Waals surface area contributed by atoms with Crippen LogP contribution in [-0.2, 0) is 16.6 Å². The second kappa shape index (κ2) is 6.74. The van der Waals surface area contributed by atoms with Crippen molar-refractivity contribution in [2.24, 2.45) is 0 Å². The van der Waals surface area contributed by atoms with Crippen molar-refractivity contribution in [2.75, 3.05) is 20.1 Å². The van der Waals surface area contributed by atoms with Crippen LogP contribution in [0.2, 0.25) is 0 Å². The lowest BCUT2D eigenvalue weighted by Gasteiger charge is -2.31. The first-order valence-corrected chi connectivity index (χ1v) is 10.2. The summed E-state index contributed by atoms with van der Waals surface area (Å²) in [6.45, 7) is 6.35. The molecule has 0 unspecified atom stereocenters. The third-order valence-electron chi connectivity index (χ3n) is 5.64. The van der Waals surface area contributed by atoms with Gasteiger partial charge in [-0.05, 0) is 52.6 Å². The predicted octanol–water partition coefficient (Wildman–Crippen LogP) is 0.820. The van der Waals surface area contributed by atoms with Gasteiger partial charge in [0.2, 0.25) is 10.0 Å². The molecule has 8 heteroatoms. The number of aliphatic hydroxyl groups excluding tert-OH is 1. The zero-order chi connectivity index (χ0) is 17.5. The van der Waals surface area contributed by atoms with E-state index in [-0.39, 0.29) is 17.0 Å². The zero-order valence-corrected chi connectivity index (χ0v) is 15.5. The summed E-state index contributed by atoms with van der Waals surface area (Å²) in [5.41, 5.74) is 0.646.